The predicted molar refractivity (Wildman–Crippen MR) is 42.9 cm³/mol. The van der Waals surface area contributed by atoms with Gasteiger partial charge in [-0.1, -0.05) is 20.8 Å². The van der Waals surface area contributed by atoms with Gasteiger partial charge in [0, 0.05) is 12.6 Å². The highest BCUT2D eigenvalue weighted by molar-refractivity contribution is 4.68. The number of rotatable bonds is 3. The molecule has 0 unspecified atom stereocenters. The maximum absolute atomic E-state index is 11.9. The first-order valence-corrected chi connectivity index (χ1v) is 3.75. The van der Waals surface area contributed by atoms with Gasteiger partial charge in [-0.3, -0.25) is 0 Å². The van der Waals surface area contributed by atoms with Crippen LogP contribution in [0.2, 0.25) is 0 Å². The molecule has 2 heteroatoms. The van der Waals surface area contributed by atoms with Crippen molar-refractivity contribution in [2.24, 2.45) is 5.41 Å². The number of nitrogens with one attached hydrogen (secondary N) is 1. The van der Waals surface area contributed by atoms with Crippen LogP contribution in [0.25, 0.3) is 0 Å². The van der Waals surface area contributed by atoms with Crippen LogP contribution >= 0.6 is 0 Å². The first-order chi connectivity index (χ1) is 4.45. The second kappa shape index (κ2) is 3.91. The third-order valence-electron chi connectivity index (χ3n) is 1.21. The molecule has 0 fully saturated rings. The van der Waals surface area contributed by atoms with E-state index in [0.717, 1.165) is 6.54 Å². The van der Waals surface area contributed by atoms with E-state index in [9.17, 15) is 4.39 Å². The maximum Gasteiger partial charge on any atom is 0.104 e. The van der Waals surface area contributed by atoms with E-state index in [1.54, 1.807) is 0 Å². The SMILES string of the molecule is C[C@@H](CF)NCC(C)(C)C. The Bertz CT molecular complexity index is 85.7. The first-order valence-electron chi connectivity index (χ1n) is 3.75. The van der Waals surface area contributed by atoms with E-state index in [4.69, 9.17) is 0 Å². The lowest BCUT2D eigenvalue weighted by Gasteiger charge is -2.20. The Kier molecular flexibility index (Phi) is 3.87. The first kappa shape index (κ1) is 9.89. The molecule has 0 aromatic rings. The van der Waals surface area contributed by atoms with Gasteiger partial charge < -0.3 is 5.32 Å². The van der Waals surface area contributed by atoms with E-state index in [1.165, 1.54) is 0 Å². The highest BCUT2D eigenvalue weighted by atomic mass is 19.1. The van der Waals surface area contributed by atoms with Crippen LogP contribution in [0.5, 0.6) is 0 Å². The average Bonchev–Trinajstić information content (AvgIpc) is 1.81. The maximum atomic E-state index is 11.9. The molecule has 0 rings (SSSR count). The lowest BCUT2D eigenvalue weighted by molar-refractivity contribution is 0.323. The molecule has 0 spiro atoms. The van der Waals surface area contributed by atoms with Crippen LogP contribution in [-0.4, -0.2) is 19.3 Å². The number of hydrogen-bond donors (Lipinski definition) is 1. The lowest BCUT2D eigenvalue weighted by Crippen LogP contribution is -2.35. The van der Waals surface area contributed by atoms with Gasteiger partial charge in [-0.15, -0.1) is 0 Å². The van der Waals surface area contributed by atoms with Crippen molar-refractivity contribution in [3.8, 4) is 0 Å². The van der Waals surface area contributed by atoms with Crippen LogP contribution in [0.1, 0.15) is 27.7 Å². The largest absolute Gasteiger partial charge is 0.311 e. The Labute approximate surface area is 63.0 Å². The topological polar surface area (TPSA) is 12.0 Å². The third-order valence-corrected chi connectivity index (χ3v) is 1.21. The van der Waals surface area contributed by atoms with Gasteiger partial charge in [0.05, 0.1) is 0 Å². The second-order valence-corrected chi connectivity index (χ2v) is 4.00. The van der Waals surface area contributed by atoms with Crippen molar-refractivity contribution in [3.63, 3.8) is 0 Å². The lowest BCUT2D eigenvalue weighted by atomic mass is 9.97. The van der Waals surface area contributed by atoms with Gasteiger partial charge in [0.25, 0.3) is 0 Å². The highest BCUT2D eigenvalue weighted by Crippen LogP contribution is 2.10. The molecule has 0 saturated carbocycles. The van der Waals surface area contributed by atoms with Crippen LogP contribution < -0.4 is 5.32 Å². The summed E-state index contributed by atoms with van der Waals surface area (Å²) in [6.07, 6.45) is 0. The van der Waals surface area contributed by atoms with Crippen molar-refractivity contribution < 1.29 is 4.39 Å². The molecule has 1 atom stereocenters. The Morgan fingerprint density at radius 1 is 1.40 bits per heavy atom. The summed E-state index contributed by atoms with van der Waals surface area (Å²) >= 11 is 0. The Morgan fingerprint density at radius 3 is 2.20 bits per heavy atom. The van der Waals surface area contributed by atoms with Gasteiger partial charge >= 0.3 is 0 Å². The number of halogens is 1. The molecule has 1 N–H and O–H groups in total. The minimum atomic E-state index is -0.282. The Hall–Kier alpha value is -0.110. The smallest absolute Gasteiger partial charge is 0.104 e. The Balaban J connectivity index is 3.36. The van der Waals surface area contributed by atoms with E-state index in [1.807, 2.05) is 6.92 Å². The summed E-state index contributed by atoms with van der Waals surface area (Å²) in [7, 11) is 0. The summed E-state index contributed by atoms with van der Waals surface area (Å²) in [6, 6.07) is -0.000718. The summed E-state index contributed by atoms with van der Waals surface area (Å²) in [5, 5.41) is 3.10. The van der Waals surface area contributed by atoms with Crippen LogP contribution in [-0.2, 0) is 0 Å². The predicted octanol–water partition coefficient (Wildman–Crippen LogP) is 1.98. The molecular weight excluding hydrogens is 129 g/mol. The van der Waals surface area contributed by atoms with E-state index < -0.39 is 0 Å². The van der Waals surface area contributed by atoms with Crippen LogP contribution in [0.15, 0.2) is 0 Å². The second-order valence-electron chi connectivity index (χ2n) is 4.00. The molecule has 0 aliphatic heterocycles. The summed E-state index contributed by atoms with van der Waals surface area (Å²) < 4.78 is 11.9. The van der Waals surface area contributed by atoms with Crippen molar-refractivity contribution >= 4 is 0 Å². The molecule has 1 nitrogen and oxygen atoms in total. The molecule has 0 heterocycles. The molecule has 0 radical (unpaired) electrons. The van der Waals surface area contributed by atoms with Crippen LogP contribution in [0.3, 0.4) is 0 Å². The van der Waals surface area contributed by atoms with Gasteiger partial charge in [0.2, 0.25) is 0 Å². The Morgan fingerprint density at radius 2 is 1.90 bits per heavy atom. The van der Waals surface area contributed by atoms with Crippen molar-refractivity contribution in [2.75, 3.05) is 13.2 Å². The fraction of sp³-hybridized carbons (Fsp3) is 1.00. The van der Waals surface area contributed by atoms with Crippen LogP contribution in [0.4, 0.5) is 4.39 Å². The molecule has 10 heavy (non-hydrogen) atoms. The van der Waals surface area contributed by atoms with Gasteiger partial charge in [-0.25, -0.2) is 4.39 Å². The molecule has 0 aliphatic carbocycles. The van der Waals surface area contributed by atoms with E-state index >= 15 is 0 Å². The fourth-order valence-electron chi connectivity index (χ4n) is 0.535. The summed E-state index contributed by atoms with van der Waals surface area (Å²) in [5.74, 6) is 0. The number of alkyl halides is 1. The average molecular weight is 147 g/mol. The molecule has 0 saturated heterocycles. The summed E-state index contributed by atoms with van der Waals surface area (Å²) in [5.41, 5.74) is 0.253. The zero-order valence-corrected chi connectivity index (χ0v) is 7.37. The van der Waals surface area contributed by atoms with E-state index in [0.29, 0.717) is 0 Å². The monoisotopic (exact) mass is 147 g/mol. The van der Waals surface area contributed by atoms with Gasteiger partial charge in [0.15, 0.2) is 0 Å². The fourth-order valence-corrected chi connectivity index (χ4v) is 0.535. The van der Waals surface area contributed by atoms with Crippen molar-refractivity contribution in [1.29, 1.82) is 0 Å². The zero-order valence-electron chi connectivity index (χ0n) is 7.37. The van der Waals surface area contributed by atoms with E-state index in [2.05, 4.69) is 26.1 Å². The third kappa shape index (κ3) is 6.02. The summed E-state index contributed by atoms with van der Waals surface area (Å²) in [6.45, 7) is 8.83. The summed E-state index contributed by atoms with van der Waals surface area (Å²) in [4.78, 5) is 0. The normalized spacial score (nSPS) is 15.3. The number of hydrogen-bond acceptors (Lipinski definition) is 1. The van der Waals surface area contributed by atoms with Gasteiger partial charge in [-0.2, -0.15) is 0 Å². The molecular formula is C8H18FN. The minimum Gasteiger partial charge on any atom is -0.311 e. The molecule has 0 amide bonds. The van der Waals surface area contributed by atoms with Gasteiger partial charge in [-0.05, 0) is 12.3 Å². The quantitative estimate of drug-likeness (QED) is 0.643. The molecule has 0 aromatic carbocycles. The molecule has 62 valence electrons. The molecule has 0 aliphatic rings. The highest BCUT2D eigenvalue weighted by Gasteiger charge is 2.10. The zero-order chi connectivity index (χ0) is 8.20. The van der Waals surface area contributed by atoms with Crippen molar-refractivity contribution in [2.45, 2.75) is 33.7 Å². The van der Waals surface area contributed by atoms with Gasteiger partial charge in [0.1, 0.15) is 6.67 Å². The van der Waals surface area contributed by atoms with Crippen LogP contribution in [0, 0.1) is 5.41 Å². The molecule has 0 bridgehead atoms. The standard InChI is InChI=1S/C8H18FN/c1-7(5-9)10-6-8(2,3)4/h7,10H,5-6H2,1-4H3/t7-/m0/s1. The van der Waals surface area contributed by atoms with E-state index in [-0.39, 0.29) is 18.1 Å². The minimum absolute atomic E-state index is 0.000718. The van der Waals surface area contributed by atoms with Crippen molar-refractivity contribution in [1.82, 2.24) is 5.32 Å². The van der Waals surface area contributed by atoms with Crippen molar-refractivity contribution in [3.05, 3.63) is 0 Å². The molecule has 0 aromatic heterocycles.